The van der Waals surface area contributed by atoms with E-state index in [0.29, 0.717) is 11.6 Å². The van der Waals surface area contributed by atoms with E-state index in [9.17, 15) is 4.79 Å². The molecule has 0 bridgehead atoms. The van der Waals surface area contributed by atoms with Crippen molar-refractivity contribution in [2.24, 2.45) is 0 Å². The number of carbonyl (C=O) groups is 1. The minimum absolute atomic E-state index is 0.0680. The number of amides is 1. The van der Waals surface area contributed by atoms with E-state index in [1.807, 2.05) is 24.3 Å². The summed E-state index contributed by atoms with van der Waals surface area (Å²) in [5, 5.41) is 12.3. The van der Waals surface area contributed by atoms with Crippen LogP contribution in [0.15, 0.2) is 28.7 Å². The fraction of sp³-hybridized carbons (Fsp3) is 0.308. The lowest BCUT2D eigenvalue weighted by atomic mass is 10.1. The van der Waals surface area contributed by atoms with Crippen LogP contribution in [0.3, 0.4) is 0 Å². The molecule has 0 radical (unpaired) electrons. The van der Waals surface area contributed by atoms with Crippen molar-refractivity contribution in [2.45, 2.75) is 26.2 Å². The molecule has 2 rings (SSSR count). The van der Waals surface area contributed by atoms with Crippen LogP contribution in [0.1, 0.15) is 23.9 Å². The van der Waals surface area contributed by atoms with Gasteiger partial charge in [-0.2, -0.15) is 0 Å². The van der Waals surface area contributed by atoms with Crippen LogP contribution < -0.4 is 5.32 Å². The minimum Gasteiger partial charge on any atom is -0.300 e. The highest BCUT2D eigenvalue weighted by molar-refractivity contribution is 9.10. The van der Waals surface area contributed by atoms with Crippen molar-refractivity contribution < 1.29 is 4.79 Å². The molecular formula is C13H14BrN3OS. The van der Waals surface area contributed by atoms with Gasteiger partial charge < -0.3 is 5.32 Å². The van der Waals surface area contributed by atoms with E-state index < -0.39 is 0 Å². The highest BCUT2D eigenvalue weighted by atomic mass is 79.9. The smallest absolute Gasteiger partial charge is 0.230 e. The first-order valence-corrected chi connectivity index (χ1v) is 7.65. The van der Waals surface area contributed by atoms with E-state index in [2.05, 4.69) is 38.4 Å². The molecule has 100 valence electrons. The standard InChI is InChI=1S/C13H14BrN3OS/c1-2-3-12-16-17-13(19-12)15-11(18)8-9-4-6-10(14)7-5-9/h4-7H,2-3,8H2,1H3,(H,15,17,18). The highest BCUT2D eigenvalue weighted by Gasteiger charge is 2.08. The van der Waals surface area contributed by atoms with Crippen molar-refractivity contribution in [1.82, 2.24) is 10.2 Å². The predicted octanol–water partition coefficient (Wildman–Crippen LogP) is 3.43. The third-order valence-electron chi connectivity index (χ3n) is 2.46. The molecule has 1 aromatic heterocycles. The summed E-state index contributed by atoms with van der Waals surface area (Å²) in [6.45, 7) is 2.09. The Bertz CT molecular complexity index is 553. The Balaban J connectivity index is 1.91. The molecule has 0 aliphatic rings. The third kappa shape index (κ3) is 4.40. The first kappa shape index (κ1) is 14.1. The maximum atomic E-state index is 11.8. The van der Waals surface area contributed by atoms with Gasteiger partial charge in [-0.05, 0) is 24.1 Å². The fourth-order valence-corrected chi connectivity index (χ4v) is 2.69. The molecule has 0 aliphatic heterocycles. The largest absolute Gasteiger partial charge is 0.300 e. The Kier molecular flexibility index (Phi) is 5.04. The molecule has 0 aliphatic carbocycles. The number of rotatable bonds is 5. The van der Waals surface area contributed by atoms with Crippen LogP contribution >= 0.6 is 27.3 Å². The topological polar surface area (TPSA) is 54.9 Å². The Morgan fingerprint density at radius 3 is 2.74 bits per heavy atom. The maximum absolute atomic E-state index is 11.8. The van der Waals surface area contributed by atoms with Gasteiger partial charge in [-0.1, -0.05) is 46.3 Å². The summed E-state index contributed by atoms with van der Waals surface area (Å²) < 4.78 is 1.00. The minimum atomic E-state index is -0.0680. The Hall–Kier alpha value is -1.27. The van der Waals surface area contributed by atoms with Crippen molar-refractivity contribution in [3.8, 4) is 0 Å². The number of hydrogen-bond donors (Lipinski definition) is 1. The molecule has 0 spiro atoms. The molecule has 4 nitrogen and oxygen atoms in total. The number of aryl methyl sites for hydroxylation is 1. The normalized spacial score (nSPS) is 10.4. The van der Waals surface area contributed by atoms with Crippen molar-refractivity contribution in [3.05, 3.63) is 39.3 Å². The summed E-state index contributed by atoms with van der Waals surface area (Å²) in [4.78, 5) is 11.8. The highest BCUT2D eigenvalue weighted by Crippen LogP contribution is 2.17. The molecule has 1 aromatic carbocycles. The molecule has 1 N–H and O–H groups in total. The van der Waals surface area contributed by atoms with Gasteiger partial charge in [0.2, 0.25) is 11.0 Å². The summed E-state index contributed by atoms with van der Waals surface area (Å²) >= 11 is 4.80. The lowest BCUT2D eigenvalue weighted by molar-refractivity contribution is -0.115. The van der Waals surface area contributed by atoms with Crippen molar-refractivity contribution in [3.63, 3.8) is 0 Å². The first-order chi connectivity index (χ1) is 9.17. The second-order valence-electron chi connectivity index (χ2n) is 4.10. The van der Waals surface area contributed by atoms with E-state index in [1.54, 1.807) is 0 Å². The number of carbonyl (C=O) groups excluding carboxylic acids is 1. The van der Waals surface area contributed by atoms with Gasteiger partial charge in [-0.3, -0.25) is 4.79 Å². The summed E-state index contributed by atoms with van der Waals surface area (Å²) in [7, 11) is 0. The lowest BCUT2D eigenvalue weighted by Crippen LogP contribution is -2.14. The molecule has 0 saturated carbocycles. The molecule has 0 atom stereocenters. The van der Waals surface area contributed by atoms with Gasteiger partial charge in [0.1, 0.15) is 5.01 Å². The van der Waals surface area contributed by atoms with Crippen LogP contribution in [0.2, 0.25) is 0 Å². The molecule has 2 aromatic rings. The summed E-state index contributed by atoms with van der Waals surface area (Å²) in [6.07, 6.45) is 2.28. The Labute approximate surface area is 124 Å². The van der Waals surface area contributed by atoms with Gasteiger partial charge in [0.15, 0.2) is 0 Å². The van der Waals surface area contributed by atoms with Gasteiger partial charge in [-0.15, -0.1) is 10.2 Å². The zero-order valence-electron chi connectivity index (χ0n) is 10.5. The van der Waals surface area contributed by atoms with E-state index >= 15 is 0 Å². The zero-order valence-corrected chi connectivity index (χ0v) is 12.9. The van der Waals surface area contributed by atoms with Crippen molar-refractivity contribution in [2.75, 3.05) is 5.32 Å². The van der Waals surface area contributed by atoms with Gasteiger partial charge in [0.05, 0.1) is 6.42 Å². The average Bonchev–Trinajstić information content (AvgIpc) is 2.80. The van der Waals surface area contributed by atoms with Crippen LogP contribution in [-0.4, -0.2) is 16.1 Å². The summed E-state index contributed by atoms with van der Waals surface area (Å²) in [5.41, 5.74) is 0.971. The summed E-state index contributed by atoms with van der Waals surface area (Å²) in [5.74, 6) is -0.0680. The van der Waals surface area contributed by atoms with Crippen molar-refractivity contribution >= 4 is 38.3 Å². The molecule has 19 heavy (non-hydrogen) atoms. The third-order valence-corrected chi connectivity index (χ3v) is 3.88. The molecule has 1 amide bonds. The Morgan fingerprint density at radius 2 is 2.05 bits per heavy atom. The summed E-state index contributed by atoms with van der Waals surface area (Å²) in [6, 6.07) is 7.69. The second kappa shape index (κ2) is 6.77. The molecule has 1 heterocycles. The molecule has 0 saturated heterocycles. The predicted molar refractivity (Wildman–Crippen MR) is 80.4 cm³/mol. The average molecular weight is 340 g/mol. The maximum Gasteiger partial charge on any atom is 0.230 e. The number of anilines is 1. The SMILES string of the molecule is CCCc1nnc(NC(=O)Cc2ccc(Br)cc2)s1. The number of nitrogens with zero attached hydrogens (tertiary/aromatic N) is 2. The van der Waals surface area contributed by atoms with Crippen LogP contribution in [0.5, 0.6) is 0 Å². The van der Waals surface area contributed by atoms with Crippen LogP contribution in [0.4, 0.5) is 5.13 Å². The van der Waals surface area contributed by atoms with Gasteiger partial charge >= 0.3 is 0 Å². The van der Waals surface area contributed by atoms with Gasteiger partial charge in [-0.25, -0.2) is 0 Å². The van der Waals surface area contributed by atoms with Crippen molar-refractivity contribution in [1.29, 1.82) is 0 Å². The fourth-order valence-electron chi connectivity index (χ4n) is 1.57. The molecule has 6 heteroatoms. The monoisotopic (exact) mass is 339 g/mol. The lowest BCUT2D eigenvalue weighted by Gasteiger charge is -2.01. The number of halogens is 1. The van der Waals surface area contributed by atoms with Crippen LogP contribution in [0.25, 0.3) is 0 Å². The molecule has 0 fully saturated rings. The zero-order chi connectivity index (χ0) is 13.7. The van der Waals surface area contributed by atoms with Crippen LogP contribution in [0, 0.1) is 0 Å². The Morgan fingerprint density at radius 1 is 1.32 bits per heavy atom. The first-order valence-electron chi connectivity index (χ1n) is 6.04. The number of nitrogens with one attached hydrogen (secondary N) is 1. The van der Waals surface area contributed by atoms with Crippen LogP contribution in [-0.2, 0) is 17.6 Å². The van der Waals surface area contributed by atoms with E-state index in [1.165, 1.54) is 11.3 Å². The quantitative estimate of drug-likeness (QED) is 0.907. The molecule has 0 unspecified atom stereocenters. The van der Waals surface area contributed by atoms with E-state index in [-0.39, 0.29) is 5.91 Å². The van der Waals surface area contributed by atoms with E-state index in [4.69, 9.17) is 0 Å². The molecular weight excluding hydrogens is 326 g/mol. The number of hydrogen-bond acceptors (Lipinski definition) is 4. The van der Waals surface area contributed by atoms with Gasteiger partial charge in [0.25, 0.3) is 0 Å². The second-order valence-corrected chi connectivity index (χ2v) is 6.08. The number of benzene rings is 1. The van der Waals surface area contributed by atoms with Gasteiger partial charge in [0, 0.05) is 10.9 Å². The number of aromatic nitrogens is 2. The van der Waals surface area contributed by atoms with E-state index in [0.717, 1.165) is 27.9 Å².